The van der Waals surface area contributed by atoms with Gasteiger partial charge in [-0.2, -0.15) is 11.8 Å². The predicted molar refractivity (Wildman–Crippen MR) is 69.8 cm³/mol. The smallest absolute Gasteiger partial charge is 0.261 e. The molecular weight excluding hydrogens is 236 g/mol. The second kappa shape index (κ2) is 4.96. The van der Waals surface area contributed by atoms with Gasteiger partial charge in [-0.15, -0.1) is 0 Å². The lowest BCUT2D eigenvalue weighted by atomic mass is 10.1. The second-order valence-electron chi connectivity index (χ2n) is 4.22. The van der Waals surface area contributed by atoms with Gasteiger partial charge in [0.25, 0.3) is 11.5 Å². The van der Waals surface area contributed by atoms with Gasteiger partial charge in [0.05, 0.1) is 0 Å². The van der Waals surface area contributed by atoms with Crippen molar-refractivity contribution in [1.82, 2.24) is 9.88 Å². The number of H-pyrrole nitrogens is 1. The summed E-state index contributed by atoms with van der Waals surface area (Å²) in [6.07, 6.45) is 0. The zero-order chi connectivity index (χ0) is 12.4. The van der Waals surface area contributed by atoms with E-state index in [1.165, 1.54) is 0 Å². The summed E-state index contributed by atoms with van der Waals surface area (Å²) in [4.78, 5) is 28.4. The highest BCUT2D eigenvalue weighted by atomic mass is 32.2. The molecule has 1 aromatic rings. The Kier molecular flexibility index (Phi) is 3.57. The Bertz CT molecular complexity index is 490. The van der Waals surface area contributed by atoms with E-state index in [1.54, 1.807) is 11.0 Å². The monoisotopic (exact) mass is 252 g/mol. The van der Waals surface area contributed by atoms with Crippen LogP contribution in [0, 0.1) is 13.8 Å². The first-order chi connectivity index (χ1) is 8.09. The van der Waals surface area contributed by atoms with Crippen LogP contribution in [0.1, 0.15) is 21.6 Å². The van der Waals surface area contributed by atoms with Crippen molar-refractivity contribution >= 4 is 17.7 Å². The molecule has 1 N–H and O–H groups in total. The van der Waals surface area contributed by atoms with Crippen molar-refractivity contribution in [3.05, 3.63) is 33.2 Å². The minimum atomic E-state index is -0.281. The molecule has 1 fully saturated rings. The second-order valence-corrected chi connectivity index (χ2v) is 5.45. The summed E-state index contributed by atoms with van der Waals surface area (Å²) in [5.41, 5.74) is 1.75. The van der Waals surface area contributed by atoms with Crippen molar-refractivity contribution < 1.29 is 4.79 Å². The lowest BCUT2D eigenvalue weighted by molar-refractivity contribution is 0.0770. The van der Waals surface area contributed by atoms with E-state index < -0.39 is 0 Å². The molecule has 4 nitrogen and oxygen atoms in total. The number of rotatable bonds is 1. The van der Waals surface area contributed by atoms with Gasteiger partial charge in [0, 0.05) is 30.3 Å². The Labute approximate surface area is 104 Å². The third-order valence-corrected chi connectivity index (χ3v) is 3.97. The summed E-state index contributed by atoms with van der Waals surface area (Å²) in [5, 5.41) is 0. The molecule has 1 aliphatic rings. The van der Waals surface area contributed by atoms with E-state index in [0.29, 0.717) is 0 Å². The molecular formula is C12H16N2O2S. The third kappa shape index (κ3) is 2.54. The molecule has 1 aromatic heterocycles. The molecule has 1 aliphatic heterocycles. The fourth-order valence-electron chi connectivity index (χ4n) is 1.82. The zero-order valence-electron chi connectivity index (χ0n) is 10.1. The first-order valence-corrected chi connectivity index (χ1v) is 6.82. The molecule has 17 heavy (non-hydrogen) atoms. The first-order valence-electron chi connectivity index (χ1n) is 5.67. The normalized spacial score (nSPS) is 16.0. The number of aromatic nitrogens is 1. The van der Waals surface area contributed by atoms with E-state index in [1.807, 2.05) is 25.6 Å². The maximum Gasteiger partial charge on any atom is 0.261 e. The van der Waals surface area contributed by atoms with E-state index in [4.69, 9.17) is 0 Å². The molecule has 2 heterocycles. The van der Waals surface area contributed by atoms with Gasteiger partial charge in [-0.05, 0) is 25.5 Å². The number of pyridine rings is 1. The first kappa shape index (κ1) is 12.2. The summed E-state index contributed by atoms with van der Waals surface area (Å²) in [7, 11) is 0. The lowest BCUT2D eigenvalue weighted by Gasteiger charge is -2.26. The quantitative estimate of drug-likeness (QED) is 0.816. The molecule has 92 valence electrons. The van der Waals surface area contributed by atoms with Gasteiger partial charge >= 0.3 is 0 Å². The number of carbonyl (C=O) groups excluding carboxylic acids is 1. The minimum Gasteiger partial charge on any atom is -0.337 e. The molecule has 5 heteroatoms. The van der Waals surface area contributed by atoms with Crippen molar-refractivity contribution in [2.24, 2.45) is 0 Å². The van der Waals surface area contributed by atoms with Crippen molar-refractivity contribution in [2.45, 2.75) is 13.8 Å². The van der Waals surface area contributed by atoms with E-state index in [0.717, 1.165) is 35.9 Å². The van der Waals surface area contributed by atoms with Crippen molar-refractivity contribution in [1.29, 1.82) is 0 Å². The van der Waals surface area contributed by atoms with Gasteiger partial charge in [-0.3, -0.25) is 9.59 Å². The van der Waals surface area contributed by atoms with E-state index in [2.05, 4.69) is 4.98 Å². The van der Waals surface area contributed by atoms with Crippen LogP contribution in [-0.4, -0.2) is 40.4 Å². The van der Waals surface area contributed by atoms with Gasteiger partial charge < -0.3 is 9.88 Å². The zero-order valence-corrected chi connectivity index (χ0v) is 10.9. The van der Waals surface area contributed by atoms with Gasteiger partial charge in [-0.1, -0.05) is 0 Å². The van der Waals surface area contributed by atoms with E-state index in [9.17, 15) is 9.59 Å². The van der Waals surface area contributed by atoms with Crippen molar-refractivity contribution in [2.75, 3.05) is 24.6 Å². The fourth-order valence-corrected chi connectivity index (χ4v) is 2.73. The standard InChI is InChI=1S/C12H16N2O2S/c1-8-7-10(11(15)13-9(8)2)12(16)14-3-5-17-6-4-14/h7H,3-6H2,1-2H3,(H,13,15). The number of aromatic amines is 1. The maximum atomic E-state index is 12.2. The predicted octanol–water partition coefficient (Wildman–Crippen LogP) is 1.18. The summed E-state index contributed by atoms with van der Waals surface area (Å²) in [6.45, 7) is 5.20. The number of hydrogen-bond donors (Lipinski definition) is 1. The van der Waals surface area contributed by atoms with Crippen LogP contribution in [0.5, 0.6) is 0 Å². The highest BCUT2D eigenvalue weighted by Gasteiger charge is 2.21. The van der Waals surface area contributed by atoms with Gasteiger partial charge in [0.15, 0.2) is 0 Å². The Hall–Kier alpha value is -1.23. The fraction of sp³-hybridized carbons (Fsp3) is 0.500. The SMILES string of the molecule is Cc1cc(C(=O)N2CCSCC2)c(=O)[nH]c1C. The molecule has 0 saturated carbocycles. The Morgan fingerprint density at radius 2 is 2.00 bits per heavy atom. The molecule has 1 saturated heterocycles. The Morgan fingerprint density at radius 1 is 1.35 bits per heavy atom. The molecule has 0 aromatic carbocycles. The summed E-state index contributed by atoms with van der Waals surface area (Å²) < 4.78 is 0. The third-order valence-electron chi connectivity index (χ3n) is 3.03. The number of aryl methyl sites for hydroxylation is 2. The van der Waals surface area contributed by atoms with Gasteiger partial charge in [-0.25, -0.2) is 0 Å². The van der Waals surface area contributed by atoms with Crippen LogP contribution >= 0.6 is 11.8 Å². The number of amides is 1. The highest BCUT2D eigenvalue weighted by Crippen LogP contribution is 2.12. The van der Waals surface area contributed by atoms with Crippen LogP contribution in [0.25, 0.3) is 0 Å². The average molecular weight is 252 g/mol. The molecule has 0 spiro atoms. The Morgan fingerprint density at radius 3 is 2.65 bits per heavy atom. The molecule has 0 aliphatic carbocycles. The number of hydrogen-bond acceptors (Lipinski definition) is 3. The highest BCUT2D eigenvalue weighted by molar-refractivity contribution is 7.99. The molecule has 0 bridgehead atoms. The molecule has 1 amide bonds. The van der Waals surface area contributed by atoms with E-state index in [-0.39, 0.29) is 17.0 Å². The number of carbonyl (C=O) groups is 1. The van der Waals surface area contributed by atoms with Crippen molar-refractivity contribution in [3.8, 4) is 0 Å². The largest absolute Gasteiger partial charge is 0.337 e. The lowest BCUT2D eigenvalue weighted by Crippen LogP contribution is -2.40. The molecule has 0 unspecified atom stereocenters. The average Bonchev–Trinajstić information content (AvgIpc) is 2.34. The summed E-state index contributed by atoms with van der Waals surface area (Å²) in [5.74, 6) is 1.76. The van der Waals surface area contributed by atoms with Crippen molar-refractivity contribution in [3.63, 3.8) is 0 Å². The summed E-state index contributed by atoms with van der Waals surface area (Å²) in [6, 6.07) is 1.69. The number of nitrogens with one attached hydrogen (secondary N) is 1. The molecule has 2 rings (SSSR count). The van der Waals surface area contributed by atoms with Crippen LogP contribution in [0.2, 0.25) is 0 Å². The summed E-state index contributed by atoms with van der Waals surface area (Å²) >= 11 is 1.84. The topological polar surface area (TPSA) is 53.2 Å². The molecule has 0 atom stereocenters. The van der Waals surface area contributed by atoms with Crippen LogP contribution < -0.4 is 5.56 Å². The minimum absolute atomic E-state index is 0.144. The van der Waals surface area contributed by atoms with Crippen LogP contribution in [0.3, 0.4) is 0 Å². The van der Waals surface area contributed by atoms with Gasteiger partial charge in [0.2, 0.25) is 0 Å². The number of thioether (sulfide) groups is 1. The van der Waals surface area contributed by atoms with E-state index >= 15 is 0 Å². The maximum absolute atomic E-state index is 12.2. The molecule has 0 radical (unpaired) electrons. The van der Waals surface area contributed by atoms with Crippen LogP contribution in [0.15, 0.2) is 10.9 Å². The number of nitrogens with zero attached hydrogens (tertiary/aromatic N) is 1. The van der Waals surface area contributed by atoms with Crippen LogP contribution in [-0.2, 0) is 0 Å². The van der Waals surface area contributed by atoms with Crippen LogP contribution in [0.4, 0.5) is 0 Å². The Balaban J connectivity index is 2.30. The van der Waals surface area contributed by atoms with Gasteiger partial charge in [0.1, 0.15) is 5.56 Å².